The molecule has 1 aliphatic rings. The summed E-state index contributed by atoms with van der Waals surface area (Å²) in [5.74, 6) is 1.85. The van der Waals surface area contributed by atoms with Gasteiger partial charge in [0.05, 0.1) is 19.8 Å². The molecule has 1 aromatic rings. The first-order chi connectivity index (χ1) is 8.85. The lowest BCUT2D eigenvalue weighted by Gasteiger charge is -2.19. The molecule has 2 rings (SSSR count). The van der Waals surface area contributed by atoms with Crippen molar-refractivity contribution in [1.29, 1.82) is 0 Å². The Hall–Kier alpha value is -1.06. The van der Waals surface area contributed by atoms with Gasteiger partial charge >= 0.3 is 0 Å². The minimum atomic E-state index is 0.195. The van der Waals surface area contributed by atoms with Crippen molar-refractivity contribution >= 4 is 0 Å². The molecule has 1 atom stereocenters. The van der Waals surface area contributed by atoms with Crippen molar-refractivity contribution in [3.05, 3.63) is 29.8 Å². The molecule has 1 aliphatic carbocycles. The van der Waals surface area contributed by atoms with Crippen molar-refractivity contribution in [2.75, 3.05) is 27.4 Å². The molecule has 18 heavy (non-hydrogen) atoms. The van der Waals surface area contributed by atoms with Gasteiger partial charge in [0, 0.05) is 12.2 Å². The normalized spacial score (nSPS) is 16.6. The van der Waals surface area contributed by atoms with Crippen LogP contribution in [0, 0.1) is 5.92 Å². The van der Waals surface area contributed by atoms with E-state index >= 15 is 0 Å². The topological polar surface area (TPSA) is 30.5 Å². The fourth-order valence-electron chi connectivity index (χ4n) is 2.14. The highest BCUT2D eigenvalue weighted by atomic mass is 16.5. The van der Waals surface area contributed by atoms with Gasteiger partial charge in [0.1, 0.15) is 5.75 Å². The maximum Gasteiger partial charge on any atom is 0.123 e. The van der Waals surface area contributed by atoms with Crippen LogP contribution in [0.5, 0.6) is 5.75 Å². The highest BCUT2D eigenvalue weighted by Gasteiger charge is 2.21. The summed E-state index contributed by atoms with van der Waals surface area (Å²) in [6.45, 7) is 1.57. The highest BCUT2D eigenvalue weighted by molar-refractivity contribution is 5.35. The molecule has 1 unspecified atom stereocenters. The zero-order chi connectivity index (χ0) is 12.8. The van der Waals surface area contributed by atoms with E-state index in [0.29, 0.717) is 6.61 Å². The largest absolute Gasteiger partial charge is 0.496 e. The van der Waals surface area contributed by atoms with Crippen molar-refractivity contribution in [3.8, 4) is 5.75 Å². The Labute approximate surface area is 109 Å². The van der Waals surface area contributed by atoms with Crippen LogP contribution >= 0.6 is 0 Å². The zero-order valence-electron chi connectivity index (χ0n) is 11.3. The Bertz CT molecular complexity index is 363. The number of para-hydroxylation sites is 1. The van der Waals surface area contributed by atoms with Crippen molar-refractivity contribution in [1.82, 2.24) is 5.32 Å². The van der Waals surface area contributed by atoms with E-state index in [2.05, 4.69) is 11.4 Å². The lowest BCUT2D eigenvalue weighted by molar-refractivity contribution is 0.107. The van der Waals surface area contributed by atoms with E-state index in [1.54, 1.807) is 7.11 Å². The van der Waals surface area contributed by atoms with Gasteiger partial charge in [-0.1, -0.05) is 31.0 Å². The molecule has 0 aliphatic heterocycles. The van der Waals surface area contributed by atoms with Crippen LogP contribution in [0.2, 0.25) is 0 Å². The van der Waals surface area contributed by atoms with E-state index in [9.17, 15) is 0 Å². The molecule has 0 heterocycles. The van der Waals surface area contributed by atoms with E-state index in [1.165, 1.54) is 19.3 Å². The summed E-state index contributed by atoms with van der Waals surface area (Å²) in [5, 5.41) is 3.29. The number of hydrogen-bond donors (Lipinski definition) is 1. The standard InChI is InChI=1S/C15H23NO2/c1-16-14(11-18-10-9-12-7-8-12)13-5-3-4-6-15(13)17-2/h3-6,12,14,16H,7-11H2,1-2H3. The van der Waals surface area contributed by atoms with Crippen LogP contribution in [-0.2, 0) is 4.74 Å². The maximum absolute atomic E-state index is 5.77. The molecule has 1 aromatic carbocycles. The van der Waals surface area contributed by atoms with Crippen LogP contribution in [0.4, 0.5) is 0 Å². The number of ether oxygens (including phenoxy) is 2. The molecule has 100 valence electrons. The van der Waals surface area contributed by atoms with Crippen molar-refractivity contribution < 1.29 is 9.47 Å². The first-order valence-corrected chi connectivity index (χ1v) is 6.73. The van der Waals surface area contributed by atoms with Gasteiger partial charge in [-0.15, -0.1) is 0 Å². The molecular formula is C15H23NO2. The molecule has 1 saturated carbocycles. The molecule has 0 radical (unpaired) electrons. The minimum Gasteiger partial charge on any atom is -0.496 e. The minimum absolute atomic E-state index is 0.195. The van der Waals surface area contributed by atoms with Crippen molar-refractivity contribution in [2.24, 2.45) is 5.92 Å². The molecule has 3 heteroatoms. The zero-order valence-corrected chi connectivity index (χ0v) is 11.3. The Balaban J connectivity index is 1.85. The quantitative estimate of drug-likeness (QED) is 0.719. The third kappa shape index (κ3) is 3.72. The summed E-state index contributed by atoms with van der Waals surface area (Å²) in [6.07, 6.45) is 4.00. The summed E-state index contributed by atoms with van der Waals surface area (Å²) in [5.41, 5.74) is 1.16. The Morgan fingerprint density at radius 3 is 2.78 bits per heavy atom. The van der Waals surface area contributed by atoms with E-state index < -0.39 is 0 Å². The summed E-state index contributed by atoms with van der Waals surface area (Å²) < 4.78 is 11.2. The van der Waals surface area contributed by atoms with E-state index in [0.717, 1.165) is 23.8 Å². The van der Waals surface area contributed by atoms with Gasteiger partial charge in [0.25, 0.3) is 0 Å². The molecule has 0 bridgehead atoms. The third-order valence-corrected chi connectivity index (χ3v) is 3.51. The second kappa shape index (κ2) is 6.76. The van der Waals surface area contributed by atoms with Crippen LogP contribution in [0.3, 0.4) is 0 Å². The highest BCUT2D eigenvalue weighted by Crippen LogP contribution is 2.32. The molecule has 1 N–H and O–H groups in total. The fraction of sp³-hybridized carbons (Fsp3) is 0.600. The Kier molecular flexibility index (Phi) is 5.02. The molecular weight excluding hydrogens is 226 g/mol. The molecule has 1 fully saturated rings. The van der Waals surface area contributed by atoms with Gasteiger partial charge in [0.15, 0.2) is 0 Å². The van der Waals surface area contributed by atoms with Crippen molar-refractivity contribution in [3.63, 3.8) is 0 Å². The second-order valence-electron chi connectivity index (χ2n) is 4.89. The average Bonchev–Trinajstić information content (AvgIpc) is 3.23. The third-order valence-electron chi connectivity index (χ3n) is 3.51. The molecule has 3 nitrogen and oxygen atoms in total. The lowest BCUT2D eigenvalue weighted by atomic mass is 10.1. The van der Waals surface area contributed by atoms with Gasteiger partial charge in [-0.2, -0.15) is 0 Å². The van der Waals surface area contributed by atoms with Gasteiger partial charge in [-0.3, -0.25) is 0 Å². The Morgan fingerprint density at radius 2 is 2.11 bits per heavy atom. The number of hydrogen-bond acceptors (Lipinski definition) is 3. The van der Waals surface area contributed by atoms with Gasteiger partial charge in [-0.05, 0) is 25.5 Å². The summed E-state index contributed by atoms with van der Waals surface area (Å²) in [7, 11) is 3.67. The van der Waals surface area contributed by atoms with E-state index in [4.69, 9.17) is 9.47 Å². The molecule has 0 amide bonds. The number of benzene rings is 1. The predicted molar refractivity (Wildman–Crippen MR) is 73.0 cm³/mol. The first-order valence-electron chi connectivity index (χ1n) is 6.73. The molecule has 0 aromatic heterocycles. The first kappa shape index (κ1) is 13.4. The summed E-state index contributed by atoms with van der Waals surface area (Å²) >= 11 is 0. The smallest absolute Gasteiger partial charge is 0.123 e. The number of likely N-dealkylation sites (N-methyl/N-ethyl adjacent to an activating group) is 1. The van der Waals surface area contributed by atoms with E-state index in [-0.39, 0.29) is 6.04 Å². The second-order valence-corrected chi connectivity index (χ2v) is 4.89. The van der Waals surface area contributed by atoms with Crippen molar-refractivity contribution in [2.45, 2.75) is 25.3 Å². The van der Waals surface area contributed by atoms with Crippen LogP contribution in [0.1, 0.15) is 30.9 Å². The van der Waals surface area contributed by atoms with Crippen LogP contribution in [-0.4, -0.2) is 27.4 Å². The SMILES string of the molecule is CNC(COCCC1CC1)c1ccccc1OC. The number of rotatable bonds is 8. The monoisotopic (exact) mass is 249 g/mol. The van der Waals surface area contributed by atoms with E-state index in [1.807, 2.05) is 25.2 Å². The van der Waals surface area contributed by atoms with Crippen LogP contribution in [0.25, 0.3) is 0 Å². The van der Waals surface area contributed by atoms with Gasteiger partial charge in [0.2, 0.25) is 0 Å². The maximum atomic E-state index is 5.77. The lowest BCUT2D eigenvalue weighted by Crippen LogP contribution is -2.22. The van der Waals surface area contributed by atoms with Gasteiger partial charge in [-0.25, -0.2) is 0 Å². The Morgan fingerprint density at radius 1 is 1.33 bits per heavy atom. The fourth-order valence-corrected chi connectivity index (χ4v) is 2.14. The molecule has 0 saturated heterocycles. The van der Waals surface area contributed by atoms with Crippen LogP contribution in [0.15, 0.2) is 24.3 Å². The summed E-state index contributed by atoms with van der Waals surface area (Å²) in [6, 6.07) is 8.30. The van der Waals surface area contributed by atoms with Crippen LogP contribution < -0.4 is 10.1 Å². The number of methoxy groups -OCH3 is 1. The molecule has 0 spiro atoms. The average molecular weight is 249 g/mol. The number of nitrogens with one attached hydrogen (secondary N) is 1. The predicted octanol–water partition coefficient (Wildman–Crippen LogP) is 2.77. The summed E-state index contributed by atoms with van der Waals surface area (Å²) in [4.78, 5) is 0. The van der Waals surface area contributed by atoms with Gasteiger partial charge < -0.3 is 14.8 Å².